The van der Waals surface area contributed by atoms with Crippen molar-refractivity contribution < 1.29 is 13.2 Å². The Balaban J connectivity index is 1.41. The van der Waals surface area contributed by atoms with E-state index in [-0.39, 0.29) is 10.8 Å². The molecule has 2 aromatic carbocycles. The second kappa shape index (κ2) is 8.32. The lowest BCUT2D eigenvalue weighted by Gasteiger charge is -2.34. The van der Waals surface area contributed by atoms with E-state index in [2.05, 4.69) is 26.7 Å². The molecule has 0 spiro atoms. The summed E-state index contributed by atoms with van der Waals surface area (Å²) in [6, 6.07) is 16.4. The van der Waals surface area contributed by atoms with E-state index in [9.17, 15) is 13.2 Å². The third kappa shape index (κ3) is 4.64. The number of hydrogen-bond acceptors (Lipinski definition) is 6. The molecule has 0 atom stereocenters. The van der Waals surface area contributed by atoms with Crippen molar-refractivity contribution in [3.63, 3.8) is 0 Å². The first-order valence-electron chi connectivity index (χ1n) is 9.10. The zero-order valence-electron chi connectivity index (χ0n) is 15.6. The van der Waals surface area contributed by atoms with Gasteiger partial charge >= 0.3 is 0 Å². The van der Waals surface area contributed by atoms with Crippen molar-refractivity contribution in [1.82, 2.24) is 9.88 Å². The van der Waals surface area contributed by atoms with E-state index < -0.39 is 10.0 Å². The molecule has 1 amide bonds. The van der Waals surface area contributed by atoms with Crippen LogP contribution in [-0.4, -0.2) is 43.8 Å². The predicted molar refractivity (Wildman–Crippen MR) is 113 cm³/mol. The third-order valence-corrected chi connectivity index (χ3v) is 6.83. The Morgan fingerprint density at radius 2 is 1.79 bits per heavy atom. The Morgan fingerprint density at radius 3 is 2.45 bits per heavy atom. The molecule has 1 saturated heterocycles. The number of hydrogen-bond donors (Lipinski definition) is 1. The molecule has 150 valence electrons. The molecule has 9 heteroatoms. The Bertz CT molecular complexity index is 1070. The van der Waals surface area contributed by atoms with Crippen LogP contribution in [0.15, 0.2) is 71.1 Å². The fourth-order valence-electron chi connectivity index (χ4n) is 3.22. The number of sulfonamides is 1. The molecular weight excluding hydrogens is 408 g/mol. The normalized spacial score (nSPS) is 15.4. The molecule has 3 aromatic rings. The Labute approximate surface area is 173 Å². The maximum atomic E-state index is 12.6. The molecule has 0 unspecified atom stereocenters. The standard InChI is InChI=1S/C20H20N4O3S2/c25-19-15-23(14-16-4-2-1-3-5-16)11-12-24(19)17-6-8-18(9-7-17)29(26,27)22-20-21-10-13-28-20/h1-10,13H,11-12,14-15H2,(H,21,22). The number of rotatable bonds is 6. The largest absolute Gasteiger partial charge is 0.310 e. The molecule has 0 radical (unpaired) electrons. The quantitative estimate of drug-likeness (QED) is 0.653. The van der Waals surface area contributed by atoms with Gasteiger partial charge in [-0.25, -0.2) is 13.4 Å². The van der Waals surface area contributed by atoms with E-state index in [1.807, 2.05) is 18.2 Å². The van der Waals surface area contributed by atoms with Crippen LogP contribution in [0, 0.1) is 0 Å². The summed E-state index contributed by atoms with van der Waals surface area (Å²) in [6.07, 6.45) is 1.54. The first-order valence-corrected chi connectivity index (χ1v) is 11.5. The number of thiazole rings is 1. The summed E-state index contributed by atoms with van der Waals surface area (Å²) in [5.41, 5.74) is 1.87. The third-order valence-electron chi connectivity index (χ3n) is 4.66. The maximum absolute atomic E-state index is 12.6. The highest BCUT2D eigenvalue weighted by Crippen LogP contribution is 2.23. The molecule has 1 aliphatic rings. The van der Waals surface area contributed by atoms with E-state index in [4.69, 9.17) is 0 Å². The highest BCUT2D eigenvalue weighted by atomic mass is 32.2. The zero-order chi connectivity index (χ0) is 20.3. The number of benzene rings is 2. The number of amides is 1. The second-order valence-corrected chi connectivity index (χ2v) is 9.26. The monoisotopic (exact) mass is 428 g/mol. The fourth-order valence-corrected chi connectivity index (χ4v) is 5.01. The van der Waals surface area contributed by atoms with Gasteiger partial charge in [0.15, 0.2) is 5.13 Å². The number of anilines is 2. The molecule has 0 aliphatic carbocycles. The van der Waals surface area contributed by atoms with Crippen LogP contribution in [0.3, 0.4) is 0 Å². The summed E-state index contributed by atoms with van der Waals surface area (Å²) in [7, 11) is -3.70. The van der Waals surface area contributed by atoms with E-state index in [0.717, 1.165) is 13.1 Å². The van der Waals surface area contributed by atoms with Crippen molar-refractivity contribution in [2.75, 3.05) is 29.3 Å². The number of carbonyl (C=O) groups is 1. The van der Waals surface area contributed by atoms with Crippen LogP contribution in [0.2, 0.25) is 0 Å². The van der Waals surface area contributed by atoms with E-state index in [1.54, 1.807) is 22.4 Å². The number of aromatic nitrogens is 1. The Morgan fingerprint density at radius 1 is 1.03 bits per heavy atom. The van der Waals surface area contributed by atoms with E-state index >= 15 is 0 Å². The summed E-state index contributed by atoms with van der Waals surface area (Å²) in [4.78, 5) is 20.5. The number of carbonyl (C=O) groups excluding carboxylic acids is 1. The van der Waals surface area contributed by atoms with Crippen molar-refractivity contribution in [2.45, 2.75) is 11.4 Å². The highest BCUT2D eigenvalue weighted by Gasteiger charge is 2.25. The van der Waals surface area contributed by atoms with E-state index in [0.29, 0.717) is 23.9 Å². The highest BCUT2D eigenvalue weighted by molar-refractivity contribution is 7.93. The SMILES string of the molecule is O=C1CN(Cc2ccccc2)CCN1c1ccc(S(=O)(=O)Nc2nccs2)cc1. The first-order chi connectivity index (χ1) is 14.0. The first kappa shape index (κ1) is 19.6. The number of piperazine rings is 1. The van der Waals surface area contributed by atoms with Crippen LogP contribution < -0.4 is 9.62 Å². The molecule has 1 N–H and O–H groups in total. The summed E-state index contributed by atoms with van der Waals surface area (Å²) in [5.74, 6) is 0.00342. The van der Waals surface area contributed by atoms with Crippen molar-refractivity contribution in [1.29, 1.82) is 0 Å². The van der Waals surface area contributed by atoms with Crippen LogP contribution in [0.25, 0.3) is 0 Å². The topological polar surface area (TPSA) is 82.6 Å². The van der Waals surface area contributed by atoms with Gasteiger partial charge in [-0.15, -0.1) is 11.3 Å². The average molecular weight is 429 g/mol. The molecule has 29 heavy (non-hydrogen) atoms. The molecule has 0 bridgehead atoms. The smallest absolute Gasteiger partial charge is 0.263 e. The van der Waals surface area contributed by atoms with Crippen LogP contribution in [-0.2, 0) is 21.4 Å². The van der Waals surface area contributed by atoms with Gasteiger partial charge < -0.3 is 4.90 Å². The summed E-state index contributed by atoms with van der Waals surface area (Å²) < 4.78 is 27.3. The van der Waals surface area contributed by atoms with Gasteiger partial charge in [-0.2, -0.15) is 0 Å². The van der Waals surface area contributed by atoms with Crippen LogP contribution >= 0.6 is 11.3 Å². The molecular formula is C20H20N4O3S2. The average Bonchev–Trinajstić information content (AvgIpc) is 3.21. The van der Waals surface area contributed by atoms with Crippen LogP contribution in [0.1, 0.15) is 5.56 Å². The fraction of sp³-hybridized carbons (Fsp3) is 0.200. The second-order valence-electron chi connectivity index (χ2n) is 6.68. The number of nitrogens with one attached hydrogen (secondary N) is 1. The molecule has 2 heterocycles. The van der Waals surface area contributed by atoms with Crippen molar-refractivity contribution in [3.05, 3.63) is 71.7 Å². The minimum absolute atomic E-state index is 0.00342. The minimum Gasteiger partial charge on any atom is -0.310 e. The molecule has 7 nitrogen and oxygen atoms in total. The van der Waals surface area contributed by atoms with E-state index in [1.165, 1.54) is 35.2 Å². The molecule has 1 fully saturated rings. The van der Waals surface area contributed by atoms with Gasteiger partial charge in [0, 0.05) is 36.9 Å². The van der Waals surface area contributed by atoms with Gasteiger partial charge in [-0.05, 0) is 29.8 Å². The van der Waals surface area contributed by atoms with Crippen molar-refractivity contribution in [2.24, 2.45) is 0 Å². The minimum atomic E-state index is -3.70. The summed E-state index contributed by atoms with van der Waals surface area (Å²) >= 11 is 1.21. The van der Waals surface area contributed by atoms with Gasteiger partial charge in [0.1, 0.15) is 0 Å². The molecule has 4 rings (SSSR count). The molecule has 1 aliphatic heterocycles. The van der Waals surface area contributed by atoms with Gasteiger partial charge in [0.25, 0.3) is 10.0 Å². The van der Waals surface area contributed by atoms with Gasteiger partial charge in [-0.1, -0.05) is 30.3 Å². The summed E-state index contributed by atoms with van der Waals surface area (Å²) in [5, 5.41) is 2.02. The molecule has 0 saturated carbocycles. The van der Waals surface area contributed by atoms with Gasteiger partial charge in [0.2, 0.25) is 5.91 Å². The Kier molecular flexibility index (Phi) is 5.61. The van der Waals surface area contributed by atoms with Crippen molar-refractivity contribution in [3.8, 4) is 0 Å². The van der Waals surface area contributed by atoms with Crippen LogP contribution in [0.5, 0.6) is 0 Å². The number of nitrogens with zero attached hydrogens (tertiary/aromatic N) is 3. The lowest BCUT2D eigenvalue weighted by molar-refractivity contribution is -0.121. The lowest BCUT2D eigenvalue weighted by Crippen LogP contribution is -2.50. The molecule has 1 aromatic heterocycles. The lowest BCUT2D eigenvalue weighted by atomic mass is 10.2. The predicted octanol–water partition coefficient (Wildman–Crippen LogP) is 2.79. The maximum Gasteiger partial charge on any atom is 0.263 e. The van der Waals surface area contributed by atoms with Gasteiger partial charge in [0.05, 0.1) is 11.4 Å². The summed E-state index contributed by atoms with van der Waals surface area (Å²) in [6.45, 7) is 2.39. The van der Waals surface area contributed by atoms with Crippen LogP contribution in [0.4, 0.5) is 10.8 Å². The van der Waals surface area contributed by atoms with Crippen molar-refractivity contribution >= 4 is 38.1 Å². The zero-order valence-corrected chi connectivity index (χ0v) is 17.2. The Hall–Kier alpha value is -2.75. The van der Waals surface area contributed by atoms with Gasteiger partial charge in [-0.3, -0.25) is 14.4 Å².